The van der Waals surface area contributed by atoms with E-state index < -0.39 is 6.04 Å². The minimum absolute atomic E-state index is 0.0102. The fourth-order valence-electron chi connectivity index (χ4n) is 5.58. The normalized spacial score (nSPS) is 22.1. The van der Waals surface area contributed by atoms with Gasteiger partial charge in [-0.1, -0.05) is 13.3 Å². The lowest BCUT2D eigenvalue weighted by Gasteiger charge is -2.40. The first kappa shape index (κ1) is 23.2. The SMILES string of the molecule is CC[C@@H](C(=O)NCCCN1CCC(N2CCCCC2)CC1)N1C(=O)CCn2nc(C)cc21. The van der Waals surface area contributed by atoms with Crippen LogP contribution in [-0.2, 0) is 16.1 Å². The highest BCUT2D eigenvalue weighted by molar-refractivity contribution is 6.00. The highest BCUT2D eigenvalue weighted by Crippen LogP contribution is 2.26. The second kappa shape index (κ2) is 10.8. The van der Waals surface area contributed by atoms with Crippen molar-refractivity contribution in [1.29, 1.82) is 0 Å². The maximum absolute atomic E-state index is 13.0. The summed E-state index contributed by atoms with van der Waals surface area (Å²) in [6, 6.07) is 2.20. The molecule has 0 unspecified atom stereocenters. The number of nitrogens with zero attached hydrogens (tertiary/aromatic N) is 5. The summed E-state index contributed by atoms with van der Waals surface area (Å²) < 4.78 is 1.85. The molecule has 178 valence electrons. The van der Waals surface area contributed by atoms with E-state index in [0.29, 0.717) is 25.9 Å². The van der Waals surface area contributed by atoms with Gasteiger partial charge in [-0.05, 0) is 78.2 Å². The van der Waals surface area contributed by atoms with E-state index in [1.165, 1.54) is 45.2 Å². The van der Waals surface area contributed by atoms with Gasteiger partial charge in [-0.25, -0.2) is 4.68 Å². The van der Waals surface area contributed by atoms with Gasteiger partial charge in [0, 0.05) is 25.1 Å². The van der Waals surface area contributed by atoms with Gasteiger partial charge >= 0.3 is 0 Å². The van der Waals surface area contributed by atoms with Crippen molar-refractivity contribution in [3.63, 3.8) is 0 Å². The topological polar surface area (TPSA) is 73.7 Å². The Morgan fingerprint density at radius 3 is 2.62 bits per heavy atom. The molecular weight excluding hydrogens is 404 g/mol. The van der Waals surface area contributed by atoms with Crippen molar-refractivity contribution in [2.24, 2.45) is 0 Å². The Bertz CT molecular complexity index is 779. The highest BCUT2D eigenvalue weighted by Gasteiger charge is 2.34. The van der Waals surface area contributed by atoms with E-state index in [2.05, 4.69) is 20.2 Å². The quantitative estimate of drug-likeness (QED) is 0.622. The number of rotatable bonds is 8. The van der Waals surface area contributed by atoms with Crippen LogP contribution in [0.1, 0.15) is 64.0 Å². The molecule has 4 heterocycles. The van der Waals surface area contributed by atoms with Crippen LogP contribution in [0.5, 0.6) is 0 Å². The Kier molecular flexibility index (Phi) is 7.84. The molecule has 2 amide bonds. The molecule has 0 radical (unpaired) electrons. The molecule has 3 aliphatic rings. The van der Waals surface area contributed by atoms with Crippen molar-refractivity contribution in [1.82, 2.24) is 24.9 Å². The van der Waals surface area contributed by atoms with E-state index in [9.17, 15) is 9.59 Å². The summed E-state index contributed by atoms with van der Waals surface area (Å²) in [5.41, 5.74) is 0.874. The lowest BCUT2D eigenvalue weighted by Crippen LogP contribution is -2.52. The maximum atomic E-state index is 13.0. The van der Waals surface area contributed by atoms with Gasteiger partial charge in [0.25, 0.3) is 0 Å². The number of hydrogen-bond acceptors (Lipinski definition) is 5. The smallest absolute Gasteiger partial charge is 0.243 e. The van der Waals surface area contributed by atoms with Gasteiger partial charge in [0.2, 0.25) is 11.8 Å². The number of amides is 2. The second-order valence-electron chi connectivity index (χ2n) is 9.62. The van der Waals surface area contributed by atoms with Crippen molar-refractivity contribution >= 4 is 17.6 Å². The van der Waals surface area contributed by atoms with Crippen LogP contribution in [-0.4, -0.2) is 82.7 Å². The number of fused-ring (bicyclic) bond motifs is 1. The van der Waals surface area contributed by atoms with Gasteiger partial charge in [-0.15, -0.1) is 0 Å². The number of carbonyl (C=O) groups excluding carboxylic acids is 2. The van der Waals surface area contributed by atoms with Gasteiger partial charge in [-0.3, -0.25) is 14.5 Å². The molecule has 0 aromatic carbocycles. The fraction of sp³-hybridized carbons (Fsp3) is 0.792. The number of aryl methyl sites for hydroxylation is 2. The number of hydrogen-bond donors (Lipinski definition) is 1. The standard InChI is InChI=1S/C24H40N6O2/c1-3-21(30-22-18-19(2)26-29(22)17-10-23(30)31)24(32)25-11-7-12-27-15-8-20(9-16-27)28-13-5-4-6-14-28/h18,20-21H,3-17H2,1-2H3,(H,25,32)/t21-/m0/s1. The number of piperidine rings is 2. The third-order valence-electron chi connectivity index (χ3n) is 7.35. The minimum atomic E-state index is -0.474. The van der Waals surface area contributed by atoms with E-state index in [0.717, 1.165) is 43.6 Å². The molecule has 1 aromatic rings. The van der Waals surface area contributed by atoms with Crippen molar-refractivity contribution < 1.29 is 9.59 Å². The molecule has 2 fully saturated rings. The van der Waals surface area contributed by atoms with Gasteiger partial charge < -0.3 is 15.1 Å². The molecule has 0 spiro atoms. The molecule has 1 atom stereocenters. The molecule has 0 bridgehead atoms. The molecule has 3 aliphatic heterocycles. The fourth-order valence-corrected chi connectivity index (χ4v) is 5.58. The third-order valence-corrected chi connectivity index (χ3v) is 7.35. The van der Waals surface area contributed by atoms with E-state index >= 15 is 0 Å². The molecule has 1 N–H and O–H groups in total. The summed E-state index contributed by atoms with van der Waals surface area (Å²) in [6.45, 7) is 11.1. The first-order chi connectivity index (χ1) is 15.6. The van der Waals surface area contributed by atoms with Crippen LogP contribution in [0.15, 0.2) is 6.07 Å². The van der Waals surface area contributed by atoms with Crippen molar-refractivity contribution in [3.8, 4) is 0 Å². The number of carbonyl (C=O) groups is 2. The average Bonchev–Trinajstić information content (AvgIpc) is 3.20. The molecule has 8 nitrogen and oxygen atoms in total. The molecule has 1 aromatic heterocycles. The van der Waals surface area contributed by atoms with Crippen LogP contribution in [0.25, 0.3) is 0 Å². The number of anilines is 1. The Morgan fingerprint density at radius 1 is 1.16 bits per heavy atom. The zero-order valence-electron chi connectivity index (χ0n) is 19.9. The largest absolute Gasteiger partial charge is 0.354 e. The van der Waals surface area contributed by atoms with Crippen molar-refractivity contribution in [2.45, 2.75) is 83.8 Å². The first-order valence-electron chi connectivity index (χ1n) is 12.7. The first-order valence-corrected chi connectivity index (χ1v) is 12.7. The summed E-state index contributed by atoms with van der Waals surface area (Å²) in [4.78, 5) is 32.5. The number of likely N-dealkylation sites (tertiary alicyclic amines) is 2. The monoisotopic (exact) mass is 444 g/mol. The van der Waals surface area contributed by atoms with Gasteiger partial charge in [0.1, 0.15) is 11.9 Å². The van der Waals surface area contributed by atoms with Crippen LogP contribution < -0.4 is 10.2 Å². The average molecular weight is 445 g/mol. The highest BCUT2D eigenvalue weighted by atomic mass is 16.2. The van der Waals surface area contributed by atoms with E-state index in [1.807, 2.05) is 24.6 Å². The second-order valence-corrected chi connectivity index (χ2v) is 9.62. The van der Waals surface area contributed by atoms with Crippen LogP contribution in [0.2, 0.25) is 0 Å². The molecular formula is C24H40N6O2. The van der Waals surface area contributed by atoms with Gasteiger partial charge in [0.05, 0.1) is 12.2 Å². The van der Waals surface area contributed by atoms with Crippen LogP contribution in [0.4, 0.5) is 5.82 Å². The van der Waals surface area contributed by atoms with Crippen LogP contribution in [0.3, 0.4) is 0 Å². The van der Waals surface area contributed by atoms with Crippen molar-refractivity contribution in [3.05, 3.63) is 11.8 Å². The summed E-state index contributed by atoms with van der Waals surface area (Å²) in [7, 11) is 0. The Hall–Kier alpha value is -1.93. The van der Waals surface area contributed by atoms with Crippen LogP contribution >= 0.6 is 0 Å². The van der Waals surface area contributed by atoms with E-state index in [-0.39, 0.29) is 11.8 Å². The third kappa shape index (κ3) is 5.34. The summed E-state index contributed by atoms with van der Waals surface area (Å²) in [5.74, 6) is 0.699. The number of aromatic nitrogens is 2. The number of nitrogens with one attached hydrogen (secondary N) is 1. The van der Waals surface area contributed by atoms with E-state index in [1.54, 1.807) is 4.90 Å². The molecule has 32 heavy (non-hydrogen) atoms. The molecule has 0 saturated carbocycles. The Labute approximate surface area is 192 Å². The maximum Gasteiger partial charge on any atom is 0.243 e. The van der Waals surface area contributed by atoms with Crippen LogP contribution in [0, 0.1) is 6.92 Å². The zero-order valence-corrected chi connectivity index (χ0v) is 19.9. The lowest BCUT2D eigenvalue weighted by atomic mass is 10.00. The Morgan fingerprint density at radius 2 is 1.91 bits per heavy atom. The van der Waals surface area contributed by atoms with Gasteiger partial charge in [-0.2, -0.15) is 5.10 Å². The summed E-state index contributed by atoms with van der Waals surface area (Å²) >= 11 is 0. The minimum Gasteiger partial charge on any atom is -0.354 e. The van der Waals surface area contributed by atoms with E-state index in [4.69, 9.17) is 0 Å². The molecule has 2 saturated heterocycles. The zero-order chi connectivity index (χ0) is 22.5. The summed E-state index contributed by atoms with van der Waals surface area (Å²) in [6.07, 6.45) is 8.60. The molecule has 8 heteroatoms. The predicted octanol–water partition coefficient (Wildman–Crippen LogP) is 2.16. The predicted molar refractivity (Wildman–Crippen MR) is 126 cm³/mol. The summed E-state index contributed by atoms with van der Waals surface area (Å²) in [5, 5.41) is 7.55. The molecule has 0 aliphatic carbocycles. The van der Waals surface area contributed by atoms with Crippen molar-refractivity contribution in [2.75, 3.05) is 44.2 Å². The van der Waals surface area contributed by atoms with Gasteiger partial charge in [0.15, 0.2) is 0 Å². The Balaban J connectivity index is 1.20. The lowest BCUT2D eigenvalue weighted by molar-refractivity contribution is -0.127. The molecule has 4 rings (SSSR count).